The van der Waals surface area contributed by atoms with Crippen LogP contribution in [0.1, 0.15) is 21.8 Å². The van der Waals surface area contributed by atoms with Crippen molar-refractivity contribution >= 4 is 17.6 Å². The van der Waals surface area contributed by atoms with Crippen molar-refractivity contribution in [2.45, 2.75) is 12.6 Å². The molecule has 0 aliphatic carbocycles. The molecule has 0 unspecified atom stereocenters. The van der Waals surface area contributed by atoms with E-state index in [0.717, 1.165) is 0 Å². The molecular weight excluding hydrogens is 379 g/mol. The number of carbonyl (C=O) groups excluding carboxylic acids is 1. The second-order valence-corrected chi connectivity index (χ2v) is 5.72. The van der Waals surface area contributed by atoms with Crippen molar-refractivity contribution in [3.8, 4) is 11.4 Å². The summed E-state index contributed by atoms with van der Waals surface area (Å²) in [5.74, 6) is -3.16. The normalized spacial score (nSPS) is 11.2. The Morgan fingerprint density at radius 3 is 2.43 bits per heavy atom. The number of carboxylic acid groups (broad SMARTS) is 1. The van der Waals surface area contributed by atoms with E-state index in [9.17, 15) is 22.8 Å². The first-order valence-corrected chi connectivity index (χ1v) is 7.86. The molecule has 1 heterocycles. The van der Waals surface area contributed by atoms with Gasteiger partial charge in [0.05, 0.1) is 6.42 Å². The number of alkyl halides is 3. The van der Waals surface area contributed by atoms with Gasteiger partial charge in [-0.15, -0.1) is 0 Å². The van der Waals surface area contributed by atoms with Gasteiger partial charge in [-0.25, -0.2) is 0 Å². The zero-order valence-corrected chi connectivity index (χ0v) is 14.0. The van der Waals surface area contributed by atoms with Crippen LogP contribution in [0.3, 0.4) is 0 Å². The molecule has 0 saturated carbocycles. The summed E-state index contributed by atoms with van der Waals surface area (Å²) in [5, 5.41) is 14.7. The number of nitrogens with zero attached hydrogens (tertiary/aromatic N) is 2. The summed E-state index contributed by atoms with van der Waals surface area (Å²) in [6.07, 6.45) is -4.91. The van der Waals surface area contributed by atoms with E-state index in [1.165, 1.54) is 24.3 Å². The first kappa shape index (κ1) is 19.1. The Morgan fingerprint density at radius 1 is 1.11 bits per heavy atom. The lowest BCUT2D eigenvalue weighted by atomic mass is 10.1. The van der Waals surface area contributed by atoms with E-state index in [4.69, 9.17) is 5.11 Å². The fraction of sp³-hybridized carbons (Fsp3) is 0.111. The van der Waals surface area contributed by atoms with Gasteiger partial charge in [-0.2, -0.15) is 18.2 Å². The Bertz CT molecular complexity index is 1010. The Balaban J connectivity index is 1.72. The Hall–Kier alpha value is -3.69. The summed E-state index contributed by atoms with van der Waals surface area (Å²) in [7, 11) is 0. The molecule has 7 nitrogen and oxygen atoms in total. The fourth-order valence-electron chi connectivity index (χ4n) is 2.36. The number of hydrogen-bond donors (Lipinski definition) is 2. The van der Waals surface area contributed by atoms with Crippen LogP contribution in [0, 0.1) is 0 Å². The third kappa shape index (κ3) is 4.53. The molecule has 2 aromatic carbocycles. The van der Waals surface area contributed by atoms with Crippen molar-refractivity contribution in [2.75, 3.05) is 5.32 Å². The van der Waals surface area contributed by atoms with E-state index < -0.39 is 23.9 Å². The summed E-state index contributed by atoms with van der Waals surface area (Å²) >= 11 is 0. The molecule has 0 spiro atoms. The van der Waals surface area contributed by atoms with Gasteiger partial charge in [-0.3, -0.25) is 9.59 Å². The van der Waals surface area contributed by atoms with E-state index in [1.54, 1.807) is 24.3 Å². The third-order valence-electron chi connectivity index (χ3n) is 3.61. The van der Waals surface area contributed by atoms with Crippen molar-refractivity contribution in [3.05, 3.63) is 65.5 Å². The van der Waals surface area contributed by atoms with Crippen molar-refractivity contribution in [3.63, 3.8) is 0 Å². The van der Waals surface area contributed by atoms with Crippen LogP contribution in [0.25, 0.3) is 11.4 Å². The van der Waals surface area contributed by atoms with Gasteiger partial charge in [0.2, 0.25) is 5.82 Å². The predicted octanol–water partition coefficient (Wildman–Crippen LogP) is 3.63. The van der Waals surface area contributed by atoms with E-state index in [-0.39, 0.29) is 23.4 Å². The summed E-state index contributed by atoms with van der Waals surface area (Å²) in [6.45, 7) is 0. The average molecular weight is 391 g/mol. The first-order valence-electron chi connectivity index (χ1n) is 7.86. The lowest BCUT2D eigenvalue weighted by Crippen LogP contribution is -2.12. The van der Waals surface area contributed by atoms with Crippen LogP contribution in [0.4, 0.5) is 18.9 Å². The van der Waals surface area contributed by atoms with Crippen LogP contribution < -0.4 is 5.32 Å². The number of aliphatic carboxylic acids is 1. The molecule has 1 amide bonds. The number of carboxylic acids is 1. The molecule has 0 aliphatic rings. The smallest absolute Gasteiger partial charge is 0.471 e. The van der Waals surface area contributed by atoms with Gasteiger partial charge >= 0.3 is 18.0 Å². The predicted molar refractivity (Wildman–Crippen MR) is 90.5 cm³/mol. The van der Waals surface area contributed by atoms with Gasteiger partial charge in [0, 0.05) is 16.8 Å². The molecule has 3 rings (SSSR count). The van der Waals surface area contributed by atoms with Gasteiger partial charge in [0.25, 0.3) is 5.91 Å². The highest BCUT2D eigenvalue weighted by atomic mass is 19.4. The molecule has 0 fully saturated rings. The molecule has 2 N–H and O–H groups in total. The molecule has 0 atom stereocenters. The number of nitrogens with one attached hydrogen (secondary N) is 1. The van der Waals surface area contributed by atoms with Crippen molar-refractivity contribution in [1.82, 2.24) is 10.1 Å². The molecule has 10 heteroatoms. The molecule has 0 radical (unpaired) electrons. The Kier molecular flexibility index (Phi) is 5.12. The van der Waals surface area contributed by atoms with Gasteiger partial charge < -0.3 is 14.9 Å². The van der Waals surface area contributed by atoms with Crippen molar-refractivity contribution in [2.24, 2.45) is 0 Å². The monoisotopic (exact) mass is 391 g/mol. The standard InChI is InChI=1S/C18H12F3N3O4/c19-18(20,21)17-23-15(24-28-17)11-4-6-12(7-5-11)16(27)22-13-3-1-2-10(8-13)9-14(25)26/h1-8H,9H2,(H,22,27)(H,25,26). The van der Waals surface area contributed by atoms with Gasteiger partial charge in [-0.1, -0.05) is 29.4 Å². The minimum Gasteiger partial charge on any atom is -0.481 e. The molecule has 1 aromatic heterocycles. The summed E-state index contributed by atoms with van der Waals surface area (Å²) < 4.78 is 41.7. The lowest BCUT2D eigenvalue weighted by molar-refractivity contribution is -0.159. The molecule has 0 aliphatic heterocycles. The minimum absolute atomic E-state index is 0.178. The zero-order chi connectivity index (χ0) is 20.3. The average Bonchev–Trinajstić information content (AvgIpc) is 3.12. The molecule has 28 heavy (non-hydrogen) atoms. The Labute approximate surface area is 155 Å². The quantitative estimate of drug-likeness (QED) is 0.688. The van der Waals surface area contributed by atoms with Crippen LogP contribution in [-0.2, 0) is 17.4 Å². The number of benzene rings is 2. The highest BCUT2D eigenvalue weighted by molar-refractivity contribution is 6.04. The van der Waals surface area contributed by atoms with Gasteiger partial charge in [0.1, 0.15) is 0 Å². The van der Waals surface area contributed by atoms with Gasteiger partial charge in [-0.05, 0) is 29.8 Å². The van der Waals surface area contributed by atoms with Crippen LogP contribution in [0.2, 0.25) is 0 Å². The van der Waals surface area contributed by atoms with Crippen LogP contribution >= 0.6 is 0 Å². The molecule has 0 bridgehead atoms. The van der Waals surface area contributed by atoms with Crippen LogP contribution in [0.15, 0.2) is 53.1 Å². The van der Waals surface area contributed by atoms with E-state index >= 15 is 0 Å². The van der Waals surface area contributed by atoms with Crippen LogP contribution in [0.5, 0.6) is 0 Å². The van der Waals surface area contributed by atoms with Gasteiger partial charge in [0.15, 0.2) is 0 Å². The fourth-order valence-corrected chi connectivity index (χ4v) is 2.36. The number of halogens is 3. The maximum Gasteiger partial charge on any atom is 0.471 e. The van der Waals surface area contributed by atoms with Crippen molar-refractivity contribution < 1.29 is 32.4 Å². The SMILES string of the molecule is O=C(O)Cc1cccc(NC(=O)c2ccc(-c3noc(C(F)(F)F)n3)cc2)c1. The Morgan fingerprint density at radius 2 is 1.82 bits per heavy atom. The number of aromatic nitrogens is 2. The van der Waals surface area contributed by atoms with E-state index in [1.807, 2.05) is 0 Å². The largest absolute Gasteiger partial charge is 0.481 e. The van der Waals surface area contributed by atoms with Crippen molar-refractivity contribution in [1.29, 1.82) is 0 Å². The summed E-state index contributed by atoms with van der Waals surface area (Å²) in [5.41, 5.74) is 1.44. The molecule has 0 saturated heterocycles. The number of amides is 1. The maximum absolute atomic E-state index is 12.5. The third-order valence-corrected chi connectivity index (χ3v) is 3.61. The van der Waals surface area contributed by atoms with Crippen LogP contribution in [-0.4, -0.2) is 27.1 Å². The second-order valence-electron chi connectivity index (χ2n) is 5.72. The first-order chi connectivity index (χ1) is 13.2. The number of rotatable bonds is 5. The second kappa shape index (κ2) is 7.51. The lowest BCUT2D eigenvalue weighted by Gasteiger charge is -2.07. The highest BCUT2D eigenvalue weighted by Gasteiger charge is 2.38. The van der Waals surface area contributed by atoms with E-state index in [0.29, 0.717) is 11.3 Å². The minimum atomic E-state index is -4.74. The summed E-state index contributed by atoms with van der Waals surface area (Å²) in [4.78, 5) is 26.3. The number of anilines is 1. The molecular formula is C18H12F3N3O4. The van der Waals surface area contributed by atoms with E-state index in [2.05, 4.69) is 20.0 Å². The summed E-state index contributed by atoms with van der Waals surface area (Å²) in [6, 6.07) is 12.0. The highest BCUT2D eigenvalue weighted by Crippen LogP contribution is 2.29. The molecule has 3 aromatic rings. The maximum atomic E-state index is 12.5. The molecule has 144 valence electrons. The number of hydrogen-bond acceptors (Lipinski definition) is 5. The zero-order valence-electron chi connectivity index (χ0n) is 14.0. The topological polar surface area (TPSA) is 105 Å². The number of carbonyl (C=O) groups is 2.